The summed E-state index contributed by atoms with van der Waals surface area (Å²) in [5.41, 5.74) is 0.380. The lowest BCUT2D eigenvalue weighted by molar-refractivity contribution is -0.118. The van der Waals surface area contributed by atoms with Gasteiger partial charge in [0, 0.05) is 31.6 Å². The number of piperidine rings is 1. The van der Waals surface area contributed by atoms with Crippen LogP contribution in [0.2, 0.25) is 0 Å². The van der Waals surface area contributed by atoms with Gasteiger partial charge in [0.05, 0.1) is 19.7 Å². The molecule has 0 saturated carbocycles. The third-order valence-electron chi connectivity index (χ3n) is 4.45. The first-order chi connectivity index (χ1) is 11.6. The normalized spacial score (nSPS) is 19.6. The Morgan fingerprint density at radius 1 is 1.33 bits per heavy atom. The van der Waals surface area contributed by atoms with Gasteiger partial charge in [-0.2, -0.15) is 0 Å². The molecule has 2 heterocycles. The van der Waals surface area contributed by atoms with Crippen molar-refractivity contribution in [3.05, 3.63) is 24.3 Å². The number of alkyl carbamates (subject to hydrolysis) is 1. The fourth-order valence-corrected chi connectivity index (χ4v) is 3.10. The molecule has 24 heavy (non-hydrogen) atoms. The van der Waals surface area contributed by atoms with Gasteiger partial charge >= 0.3 is 6.09 Å². The maximum Gasteiger partial charge on any atom is 0.407 e. The smallest absolute Gasteiger partial charge is 0.407 e. The van der Waals surface area contributed by atoms with Crippen LogP contribution in [0.4, 0.5) is 10.5 Å². The Kier molecular flexibility index (Phi) is 4.89. The molecule has 1 aromatic carbocycles. The van der Waals surface area contributed by atoms with Gasteiger partial charge in [0.15, 0.2) is 0 Å². The average molecular weight is 333 g/mol. The Labute approximate surface area is 141 Å². The van der Waals surface area contributed by atoms with E-state index < -0.39 is 0 Å². The fraction of sp³-hybridized carbons (Fsp3) is 0.529. The average Bonchev–Trinajstić information content (AvgIpc) is 2.93. The maximum absolute atomic E-state index is 12.2. The van der Waals surface area contributed by atoms with Crippen molar-refractivity contribution in [2.45, 2.75) is 25.4 Å². The van der Waals surface area contributed by atoms with Gasteiger partial charge < -0.3 is 20.1 Å². The Morgan fingerprint density at radius 3 is 2.62 bits per heavy atom. The highest BCUT2D eigenvalue weighted by atomic mass is 16.6. The van der Waals surface area contributed by atoms with E-state index in [2.05, 4.69) is 15.5 Å². The number of anilines is 1. The van der Waals surface area contributed by atoms with E-state index in [0.29, 0.717) is 19.7 Å². The molecule has 2 N–H and O–H groups in total. The van der Waals surface area contributed by atoms with Crippen LogP contribution in [0.15, 0.2) is 24.3 Å². The summed E-state index contributed by atoms with van der Waals surface area (Å²) < 4.78 is 10.8. The molecule has 7 nitrogen and oxygen atoms in total. The van der Waals surface area contributed by atoms with Gasteiger partial charge in [-0.05, 0) is 31.2 Å². The molecule has 2 fully saturated rings. The lowest BCUT2D eigenvalue weighted by Gasteiger charge is -2.36. The SMILES string of the molecule is CCOc1ccc(NC(=O)CN2CCC3(CC2)CNC(=O)O3)cc1. The van der Waals surface area contributed by atoms with Crippen LogP contribution < -0.4 is 15.4 Å². The molecule has 0 aromatic heterocycles. The third kappa shape index (κ3) is 3.97. The van der Waals surface area contributed by atoms with Crippen LogP contribution in [0.25, 0.3) is 0 Å². The zero-order valence-electron chi connectivity index (χ0n) is 13.8. The lowest BCUT2D eigenvalue weighted by atomic mass is 9.92. The summed E-state index contributed by atoms with van der Waals surface area (Å²) in [6, 6.07) is 7.34. The second-order valence-corrected chi connectivity index (χ2v) is 6.21. The van der Waals surface area contributed by atoms with Crippen molar-refractivity contribution in [3.63, 3.8) is 0 Å². The molecule has 2 amide bonds. The highest BCUT2D eigenvalue weighted by molar-refractivity contribution is 5.92. The quantitative estimate of drug-likeness (QED) is 0.855. The minimum Gasteiger partial charge on any atom is -0.494 e. The number of ether oxygens (including phenoxy) is 2. The number of likely N-dealkylation sites (tertiary alicyclic amines) is 1. The van der Waals surface area contributed by atoms with Crippen molar-refractivity contribution in [1.29, 1.82) is 0 Å². The van der Waals surface area contributed by atoms with Crippen LogP contribution in [-0.4, -0.2) is 55.3 Å². The van der Waals surface area contributed by atoms with E-state index in [-0.39, 0.29) is 17.6 Å². The number of carbonyl (C=O) groups is 2. The van der Waals surface area contributed by atoms with Gasteiger partial charge in [-0.1, -0.05) is 0 Å². The summed E-state index contributed by atoms with van der Waals surface area (Å²) in [5.74, 6) is 0.744. The Morgan fingerprint density at radius 2 is 2.04 bits per heavy atom. The summed E-state index contributed by atoms with van der Waals surface area (Å²) in [5, 5.41) is 5.61. The lowest BCUT2D eigenvalue weighted by Crippen LogP contribution is -2.48. The van der Waals surface area contributed by atoms with Crippen LogP contribution in [-0.2, 0) is 9.53 Å². The van der Waals surface area contributed by atoms with Crippen molar-refractivity contribution in [3.8, 4) is 5.75 Å². The number of nitrogens with zero attached hydrogens (tertiary/aromatic N) is 1. The van der Waals surface area contributed by atoms with Gasteiger partial charge in [-0.25, -0.2) is 4.79 Å². The first kappa shape index (κ1) is 16.6. The Hall–Kier alpha value is -2.28. The summed E-state index contributed by atoms with van der Waals surface area (Å²) in [6.45, 7) is 4.94. The van der Waals surface area contributed by atoms with E-state index in [1.54, 1.807) is 0 Å². The third-order valence-corrected chi connectivity index (χ3v) is 4.45. The molecule has 2 aliphatic rings. The molecule has 0 radical (unpaired) electrons. The minimum absolute atomic E-state index is 0.0448. The van der Waals surface area contributed by atoms with Gasteiger partial charge in [0.25, 0.3) is 0 Å². The zero-order chi connectivity index (χ0) is 17.0. The molecule has 2 saturated heterocycles. The Bertz CT molecular complexity index is 594. The summed E-state index contributed by atoms with van der Waals surface area (Å²) in [4.78, 5) is 25.5. The number of hydrogen-bond donors (Lipinski definition) is 2. The molecule has 2 aliphatic heterocycles. The molecule has 1 spiro atoms. The molecular weight excluding hydrogens is 310 g/mol. The number of rotatable bonds is 5. The van der Waals surface area contributed by atoms with Crippen LogP contribution in [0.5, 0.6) is 5.75 Å². The Balaban J connectivity index is 1.45. The zero-order valence-corrected chi connectivity index (χ0v) is 13.8. The largest absolute Gasteiger partial charge is 0.494 e. The summed E-state index contributed by atoms with van der Waals surface area (Å²) >= 11 is 0. The van der Waals surface area contributed by atoms with Gasteiger partial charge in [0.1, 0.15) is 11.4 Å². The molecule has 130 valence electrons. The monoisotopic (exact) mass is 333 g/mol. The summed E-state index contributed by atoms with van der Waals surface area (Å²) in [6.07, 6.45) is 1.17. The van der Waals surface area contributed by atoms with Gasteiger partial charge in [-0.3, -0.25) is 9.69 Å². The van der Waals surface area contributed by atoms with Crippen molar-refractivity contribution in [1.82, 2.24) is 10.2 Å². The predicted octanol–water partition coefficient (Wildman–Crippen LogP) is 1.60. The first-order valence-corrected chi connectivity index (χ1v) is 8.30. The number of nitrogens with one attached hydrogen (secondary N) is 2. The number of benzene rings is 1. The fourth-order valence-electron chi connectivity index (χ4n) is 3.10. The molecule has 3 rings (SSSR count). The van der Waals surface area contributed by atoms with Gasteiger partial charge in [0.2, 0.25) is 5.91 Å². The number of hydrogen-bond acceptors (Lipinski definition) is 5. The van der Waals surface area contributed by atoms with E-state index in [4.69, 9.17) is 9.47 Å². The van der Waals surface area contributed by atoms with Crippen molar-refractivity contribution >= 4 is 17.7 Å². The van der Waals surface area contributed by atoms with E-state index in [9.17, 15) is 9.59 Å². The highest BCUT2D eigenvalue weighted by Gasteiger charge is 2.42. The van der Waals surface area contributed by atoms with Crippen LogP contribution in [0.3, 0.4) is 0 Å². The summed E-state index contributed by atoms with van der Waals surface area (Å²) in [7, 11) is 0. The second kappa shape index (κ2) is 7.09. The standard InChI is InChI=1S/C17H23N3O4/c1-2-23-14-5-3-13(4-6-14)19-15(21)11-20-9-7-17(8-10-20)12-18-16(22)24-17/h3-6H,2,7-12H2,1H3,(H,18,22)(H,19,21). The van der Waals surface area contributed by atoms with Crippen molar-refractivity contribution in [2.24, 2.45) is 0 Å². The van der Waals surface area contributed by atoms with Gasteiger partial charge in [-0.15, -0.1) is 0 Å². The molecule has 0 unspecified atom stereocenters. The minimum atomic E-state index is -0.376. The number of amides is 2. The molecular formula is C17H23N3O4. The molecule has 1 aromatic rings. The van der Waals surface area contributed by atoms with E-state index >= 15 is 0 Å². The van der Waals surface area contributed by atoms with E-state index in [1.807, 2.05) is 31.2 Å². The first-order valence-electron chi connectivity index (χ1n) is 8.30. The molecule has 0 bridgehead atoms. The molecule has 0 aliphatic carbocycles. The molecule has 7 heteroatoms. The van der Waals surface area contributed by atoms with E-state index in [0.717, 1.165) is 37.4 Å². The second-order valence-electron chi connectivity index (χ2n) is 6.21. The highest BCUT2D eigenvalue weighted by Crippen LogP contribution is 2.29. The van der Waals surface area contributed by atoms with Crippen molar-refractivity contribution < 1.29 is 19.1 Å². The topological polar surface area (TPSA) is 79.9 Å². The molecule has 0 atom stereocenters. The predicted molar refractivity (Wildman–Crippen MR) is 89.1 cm³/mol. The van der Waals surface area contributed by atoms with Crippen LogP contribution in [0, 0.1) is 0 Å². The maximum atomic E-state index is 12.2. The van der Waals surface area contributed by atoms with Crippen LogP contribution >= 0.6 is 0 Å². The van der Waals surface area contributed by atoms with E-state index in [1.165, 1.54) is 0 Å². The van der Waals surface area contributed by atoms with Crippen molar-refractivity contribution in [2.75, 3.05) is 38.1 Å². The number of carbonyl (C=O) groups excluding carboxylic acids is 2. The van der Waals surface area contributed by atoms with Crippen LogP contribution in [0.1, 0.15) is 19.8 Å².